The number of hydrazone groups is 1. The van der Waals surface area contributed by atoms with Gasteiger partial charge in [-0.2, -0.15) is 5.10 Å². The van der Waals surface area contributed by atoms with Crippen molar-refractivity contribution in [2.75, 3.05) is 0 Å². The molecule has 7 heteroatoms. The summed E-state index contributed by atoms with van der Waals surface area (Å²) < 4.78 is 5.53. The second-order valence-corrected chi connectivity index (χ2v) is 4.26. The van der Waals surface area contributed by atoms with Crippen LogP contribution in [0.1, 0.15) is 16.1 Å². The molecule has 20 heavy (non-hydrogen) atoms. The molecular weight excluding hydrogens is 278 g/mol. The minimum absolute atomic E-state index is 0.0669. The maximum Gasteiger partial charge on any atom is 0.335 e. The van der Waals surface area contributed by atoms with Gasteiger partial charge in [0.2, 0.25) is 0 Å². The van der Waals surface area contributed by atoms with E-state index in [0.29, 0.717) is 11.5 Å². The van der Waals surface area contributed by atoms with Crippen molar-refractivity contribution < 1.29 is 14.3 Å². The van der Waals surface area contributed by atoms with Crippen molar-refractivity contribution in [1.29, 1.82) is 0 Å². The Morgan fingerprint density at radius 1 is 1.30 bits per heavy atom. The summed E-state index contributed by atoms with van der Waals surface area (Å²) in [6.07, 6.45) is 1.44. The van der Waals surface area contributed by atoms with Crippen LogP contribution in [0, 0.1) is 0 Å². The highest BCUT2D eigenvalue weighted by molar-refractivity contribution is 7.80. The molecule has 1 aromatic carbocycles. The van der Waals surface area contributed by atoms with E-state index in [1.807, 2.05) is 0 Å². The molecule has 0 saturated heterocycles. The number of aromatic carboxylic acids is 1. The monoisotopic (exact) mass is 289 g/mol. The number of carbonyl (C=O) groups is 1. The highest BCUT2D eigenvalue weighted by atomic mass is 32.1. The fourth-order valence-corrected chi connectivity index (χ4v) is 1.57. The average molecular weight is 289 g/mol. The summed E-state index contributed by atoms with van der Waals surface area (Å²) in [5.41, 5.74) is 8.64. The lowest BCUT2D eigenvalue weighted by atomic mass is 10.1. The van der Waals surface area contributed by atoms with Crippen LogP contribution in [0.15, 0.2) is 45.9 Å². The number of hydrogen-bond acceptors (Lipinski definition) is 4. The summed E-state index contributed by atoms with van der Waals surface area (Å²) in [4.78, 5) is 10.8. The average Bonchev–Trinajstić information content (AvgIpc) is 2.87. The minimum Gasteiger partial charge on any atom is -0.478 e. The molecule has 0 aliphatic rings. The predicted octanol–water partition coefficient (Wildman–Crippen LogP) is 1.81. The molecule has 2 aromatic rings. The largest absolute Gasteiger partial charge is 0.478 e. The molecule has 0 amide bonds. The van der Waals surface area contributed by atoms with E-state index >= 15 is 0 Å². The molecule has 0 radical (unpaired) electrons. The van der Waals surface area contributed by atoms with Crippen LogP contribution in [0.2, 0.25) is 0 Å². The number of benzene rings is 1. The molecule has 0 atom stereocenters. The molecule has 2 rings (SSSR count). The number of carboxylic acid groups (broad SMARTS) is 1. The molecule has 6 nitrogen and oxygen atoms in total. The standard InChI is InChI=1S/C13H11N3O3S/c14-13(20)16-15-7-10-5-6-11(19-10)8-1-3-9(4-2-8)12(17)18/h1-7H,(H,17,18)(H3,14,16,20)/b15-7+. The maximum atomic E-state index is 10.8. The minimum atomic E-state index is -0.965. The van der Waals surface area contributed by atoms with E-state index in [4.69, 9.17) is 15.3 Å². The van der Waals surface area contributed by atoms with Crippen molar-refractivity contribution in [3.05, 3.63) is 47.7 Å². The van der Waals surface area contributed by atoms with Crippen LogP contribution in [-0.4, -0.2) is 22.4 Å². The summed E-state index contributed by atoms with van der Waals surface area (Å²) >= 11 is 4.60. The lowest BCUT2D eigenvalue weighted by molar-refractivity contribution is 0.0697. The third-order valence-corrected chi connectivity index (χ3v) is 2.50. The Morgan fingerprint density at radius 3 is 2.60 bits per heavy atom. The molecule has 0 aliphatic carbocycles. The van der Waals surface area contributed by atoms with Crippen LogP contribution < -0.4 is 11.2 Å². The highest BCUT2D eigenvalue weighted by Crippen LogP contribution is 2.21. The van der Waals surface area contributed by atoms with Crippen LogP contribution in [-0.2, 0) is 0 Å². The van der Waals surface area contributed by atoms with E-state index in [9.17, 15) is 4.79 Å². The Kier molecular flexibility index (Phi) is 4.11. The molecule has 0 spiro atoms. The summed E-state index contributed by atoms with van der Waals surface area (Å²) in [7, 11) is 0. The third-order valence-electron chi connectivity index (χ3n) is 2.41. The second kappa shape index (κ2) is 5.98. The van der Waals surface area contributed by atoms with E-state index in [-0.39, 0.29) is 10.7 Å². The highest BCUT2D eigenvalue weighted by Gasteiger charge is 2.06. The van der Waals surface area contributed by atoms with Gasteiger partial charge in [-0.15, -0.1) is 0 Å². The van der Waals surface area contributed by atoms with E-state index in [2.05, 4.69) is 22.7 Å². The van der Waals surface area contributed by atoms with Crippen molar-refractivity contribution in [3.8, 4) is 11.3 Å². The second-order valence-electron chi connectivity index (χ2n) is 3.82. The van der Waals surface area contributed by atoms with E-state index in [1.165, 1.54) is 18.3 Å². The van der Waals surface area contributed by atoms with Gasteiger partial charge in [-0.3, -0.25) is 5.43 Å². The Balaban J connectivity index is 2.14. The Labute approximate surface area is 119 Å². The Bertz CT molecular complexity index is 662. The number of furan rings is 1. The fraction of sp³-hybridized carbons (Fsp3) is 0. The SMILES string of the molecule is NC(=S)N/N=C/c1ccc(-c2ccc(C(=O)O)cc2)o1. The van der Waals surface area contributed by atoms with Crippen molar-refractivity contribution >= 4 is 29.5 Å². The summed E-state index contributed by atoms with van der Waals surface area (Å²) in [6, 6.07) is 9.88. The molecule has 0 aliphatic heterocycles. The van der Waals surface area contributed by atoms with Gasteiger partial charge in [-0.1, -0.05) is 12.1 Å². The smallest absolute Gasteiger partial charge is 0.335 e. The number of nitrogens with zero attached hydrogens (tertiary/aromatic N) is 1. The number of thiocarbonyl (C=S) groups is 1. The van der Waals surface area contributed by atoms with Crippen molar-refractivity contribution in [2.24, 2.45) is 10.8 Å². The van der Waals surface area contributed by atoms with Gasteiger partial charge in [0.15, 0.2) is 5.11 Å². The fourth-order valence-electron chi connectivity index (χ4n) is 1.51. The lowest BCUT2D eigenvalue weighted by Crippen LogP contribution is -2.23. The van der Waals surface area contributed by atoms with Gasteiger partial charge < -0.3 is 15.3 Å². The summed E-state index contributed by atoms with van der Waals surface area (Å²) in [6.45, 7) is 0. The summed E-state index contributed by atoms with van der Waals surface area (Å²) in [5, 5.41) is 12.7. The maximum absolute atomic E-state index is 10.8. The first-order chi connectivity index (χ1) is 9.56. The molecular formula is C13H11N3O3S. The zero-order valence-corrected chi connectivity index (χ0v) is 11.1. The molecule has 0 bridgehead atoms. The molecule has 1 aromatic heterocycles. The van der Waals surface area contributed by atoms with Crippen LogP contribution >= 0.6 is 12.2 Å². The summed E-state index contributed by atoms with van der Waals surface area (Å²) in [5.74, 6) is 0.164. The zero-order valence-electron chi connectivity index (χ0n) is 10.2. The topological polar surface area (TPSA) is 101 Å². The Morgan fingerprint density at radius 2 is 2.00 bits per heavy atom. The van der Waals surface area contributed by atoms with Crippen LogP contribution in [0.4, 0.5) is 0 Å². The van der Waals surface area contributed by atoms with E-state index in [1.54, 1.807) is 24.3 Å². The molecule has 1 heterocycles. The van der Waals surface area contributed by atoms with Gasteiger partial charge in [0.25, 0.3) is 0 Å². The number of carboxylic acids is 1. The lowest BCUT2D eigenvalue weighted by Gasteiger charge is -1.98. The normalized spacial score (nSPS) is 10.6. The number of hydrogen-bond donors (Lipinski definition) is 3. The van der Waals surface area contributed by atoms with Gasteiger partial charge in [0.05, 0.1) is 11.8 Å². The first-order valence-corrected chi connectivity index (χ1v) is 5.99. The van der Waals surface area contributed by atoms with E-state index in [0.717, 1.165) is 5.56 Å². The molecule has 4 N–H and O–H groups in total. The molecule has 102 valence electrons. The van der Waals surface area contributed by atoms with Crippen molar-refractivity contribution in [3.63, 3.8) is 0 Å². The number of nitrogens with two attached hydrogens (primary N) is 1. The Hall–Kier alpha value is -2.67. The van der Waals surface area contributed by atoms with Crippen LogP contribution in [0.3, 0.4) is 0 Å². The van der Waals surface area contributed by atoms with Crippen molar-refractivity contribution in [2.45, 2.75) is 0 Å². The first-order valence-electron chi connectivity index (χ1n) is 5.58. The third kappa shape index (κ3) is 3.42. The van der Waals surface area contributed by atoms with Gasteiger partial charge in [0.1, 0.15) is 11.5 Å². The number of nitrogens with one attached hydrogen (secondary N) is 1. The van der Waals surface area contributed by atoms with Gasteiger partial charge in [-0.25, -0.2) is 4.79 Å². The van der Waals surface area contributed by atoms with Gasteiger partial charge in [0, 0.05) is 5.56 Å². The molecule has 0 fully saturated rings. The zero-order chi connectivity index (χ0) is 14.5. The van der Waals surface area contributed by atoms with Gasteiger partial charge >= 0.3 is 5.97 Å². The van der Waals surface area contributed by atoms with E-state index < -0.39 is 5.97 Å². The van der Waals surface area contributed by atoms with Crippen LogP contribution in [0.25, 0.3) is 11.3 Å². The molecule has 0 unspecified atom stereocenters. The van der Waals surface area contributed by atoms with Crippen LogP contribution in [0.5, 0.6) is 0 Å². The number of rotatable bonds is 4. The van der Waals surface area contributed by atoms with Crippen molar-refractivity contribution in [1.82, 2.24) is 5.43 Å². The van der Waals surface area contributed by atoms with Gasteiger partial charge in [-0.05, 0) is 36.5 Å². The quantitative estimate of drug-likeness (QED) is 0.451. The first kappa shape index (κ1) is 13.8. The molecule has 0 saturated carbocycles. The predicted molar refractivity (Wildman–Crippen MR) is 78.6 cm³/mol.